The van der Waals surface area contributed by atoms with E-state index in [1.54, 1.807) is 16.0 Å². The maximum absolute atomic E-state index is 11.2. The molecule has 1 atom stereocenters. The second-order valence-electron chi connectivity index (χ2n) is 6.39. The van der Waals surface area contributed by atoms with Gasteiger partial charge < -0.3 is 9.64 Å². The van der Waals surface area contributed by atoms with Gasteiger partial charge in [0, 0.05) is 24.9 Å². The minimum atomic E-state index is -0.123. The van der Waals surface area contributed by atoms with Crippen LogP contribution in [0.25, 0.3) is 11.4 Å². The molecule has 2 aromatic heterocycles. The summed E-state index contributed by atoms with van der Waals surface area (Å²) in [5, 5.41) is 11.5. The number of esters is 1. The normalized spacial score (nSPS) is 21.8. The Morgan fingerprint density at radius 2 is 2.04 bits per heavy atom. The number of thiazole rings is 1. The van der Waals surface area contributed by atoms with Gasteiger partial charge >= 0.3 is 5.97 Å². The molecule has 2 aliphatic heterocycles. The number of nitrogens with zero attached hydrogens (tertiary/aromatic N) is 5. The third-order valence-electron chi connectivity index (χ3n) is 4.53. The zero-order chi connectivity index (χ0) is 16.4. The highest BCUT2D eigenvalue weighted by Gasteiger charge is 2.24. The van der Waals surface area contributed by atoms with Crippen molar-refractivity contribution in [3.63, 3.8) is 0 Å². The van der Waals surface area contributed by atoms with E-state index in [2.05, 4.69) is 15.2 Å². The predicted octanol–water partition coefficient (Wildman–Crippen LogP) is 2.49. The lowest BCUT2D eigenvalue weighted by molar-refractivity contribution is -0.141. The molecule has 2 fully saturated rings. The van der Waals surface area contributed by atoms with Crippen molar-refractivity contribution in [2.45, 2.75) is 51.2 Å². The summed E-state index contributed by atoms with van der Waals surface area (Å²) in [4.78, 5) is 18.3. The molecule has 0 N–H and O–H groups in total. The van der Waals surface area contributed by atoms with Crippen LogP contribution >= 0.6 is 11.3 Å². The van der Waals surface area contributed by atoms with Crippen molar-refractivity contribution in [3.8, 4) is 11.4 Å². The Kier molecular flexibility index (Phi) is 4.46. The lowest BCUT2D eigenvalue weighted by Gasteiger charge is -2.18. The van der Waals surface area contributed by atoms with Gasteiger partial charge in [0.15, 0.2) is 5.13 Å². The van der Waals surface area contributed by atoms with Gasteiger partial charge in [-0.05, 0) is 19.3 Å². The molecule has 2 aromatic rings. The molecule has 1 unspecified atom stereocenters. The van der Waals surface area contributed by atoms with Gasteiger partial charge in [-0.2, -0.15) is 0 Å². The van der Waals surface area contributed by atoms with Gasteiger partial charge in [0.1, 0.15) is 17.5 Å². The molecule has 0 spiro atoms. The number of carbonyl (C=O) groups excluding carboxylic acids is 1. The lowest BCUT2D eigenvalue weighted by Crippen LogP contribution is -2.23. The van der Waals surface area contributed by atoms with Crippen molar-refractivity contribution in [2.24, 2.45) is 0 Å². The highest BCUT2D eigenvalue weighted by molar-refractivity contribution is 7.14. The van der Waals surface area contributed by atoms with E-state index in [-0.39, 0.29) is 12.1 Å². The Bertz CT molecular complexity index is 705. The molecule has 2 aliphatic rings. The van der Waals surface area contributed by atoms with Crippen molar-refractivity contribution in [1.29, 1.82) is 0 Å². The van der Waals surface area contributed by atoms with Gasteiger partial charge in [-0.25, -0.2) is 9.67 Å². The molecule has 0 radical (unpaired) electrons. The maximum atomic E-state index is 11.2. The molecule has 0 saturated carbocycles. The zero-order valence-corrected chi connectivity index (χ0v) is 14.4. The number of anilines is 1. The number of hydrogen-bond acceptors (Lipinski definition) is 7. The van der Waals surface area contributed by atoms with E-state index in [0.717, 1.165) is 36.0 Å². The molecule has 0 aliphatic carbocycles. The van der Waals surface area contributed by atoms with Crippen LogP contribution in [0, 0.1) is 0 Å². The van der Waals surface area contributed by atoms with E-state index in [0.29, 0.717) is 13.0 Å². The Balaban J connectivity index is 1.43. The van der Waals surface area contributed by atoms with Gasteiger partial charge in [-0.15, -0.1) is 16.4 Å². The average molecular weight is 347 g/mol. The summed E-state index contributed by atoms with van der Waals surface area (Å²) in [5.74, 6) is -0.123. The Labute approximate surface area is 144 Å². The molecule has 0 amide bonds. The Hall–Kier alpha value is -1.96. The van der Waals surface area contributed by atoms with Crippen LogP contribution in [0.15, 0.2) is 11.6 Å². The van der Waals surface area contributed by atoms with E-state index in [1.165, 1.54) is 25.7 Å². The number of ether oxygens (including phenoxy) is 1. The minimum absolute atomic E-state index is 0.0878. The summed E-state index contributed by atoms with van der Waals surface area (Å²) in [7, 11) is 0. The van der Waals surface area contributed by atoms with Gasteiger partial charge in [0.2, 0.25) is 0 Å². The standard InChI is InChI=1S/C16H21N5O2S/c22-15-6-5-12(23-15)9-21-10-13(18-19-21)14-11-24-16(17-14)20-7-3-1-2-4-8-20/h10-12H,1-9H2. The van der Waals surface area contributed by atoms with Gasteiger partial charge in [0.05, 0.1) is 12.7 Å². The third-order valence-corrected chi connectivity index (χ3v) is 5.43. The molecule has 7 nitrogen and oxygen atoms in total. The Morgan fingerprint density at radius 3 is 2.79 bits per heavy atom. The molecule has 0 aromatic carbocycles. The fourth-order valence-corrected chi connectivity index (χ4v) is 4.09. The van der Waals surface area contributed by atoms with Crippen molar-refractivity contribution < 1.29 is 9.53 Å². The van der Waals surface area contributed by atoms with Crippen LogP contribution in [0.3, 0.4) is 0 Å². The largest absolute Gasteiger partial charge is 0.460 e. The van der Waals surface area contributed by atoms with E-state index in [1.807, 2.05) is 11.6 Å². The van der Waals surface area contributed by atoms with Gasteiger partial charge in [-0.1, -0.05) is 18.1 Å². The van der Waals surface area contributed by atoms with E-state index in [9.17, 15) is 4.79 Å². The molecular weight excluding hydrogens is 326 g/mol. The third kappa shape index (κ3) is 3.43. The van der Waals surface area contributed by atoms with Crippen LogP contribution < -0.4 is 4.90 Å². The predicted molar refractivity (Wildman–Crippen MR) is 90.9 cm³/mol. The first kappa shape index (κ1) is 15.6. The number of cyclic esters (lactones) is 1. The highest BCUT2D eigenvalue weighted by atomic mass is 32.1. The fourth-order valence-electron chi connectivity index (χ4n) is 3.21. The van der Waals surface area contributed by atoms with E-state index < -0.39 is 0 Å². The first-order valence-electron chi connectivity index (χ1n) is 8.58. The fraction of sp³-hybridized carbons (Fsp3) is 0.625. The molecular formula is C16H21N5O2S. The van der Waals surface area contributed by atoms with Gasteiger partial charge in [0.25, 0.3) is 0 Å². The molecule has 4 rings (SSSR count). The minimum Gasteiger partial charge on any atom is -0.460 e. The number of carbonyl (C=O) groups is 1. The van der Waals surface area contributed by atoms with Gasteiger partial charge in [-0.3, -0.25) is 4.79 Å². The molecule has 2 saturated heterocycles. The topological polar surface area (TPSA) is 73.1 Å². The molecule has 128 valence electrons. The van der Waals surface area contributed by atoms with Crippen molar-refractivity contribution in [3.05, 3.63) is 11.6 Å². The number of rotatable bonds is 4. The summed E-state index contributed by atoms with van der Waals surface area (Å²) in [6.07, 6.45) is 8.16. The van der Waals surface area contributed by atoms with Crippen molar-refractivity contribution in [1.82, 2.24) is 20.0 Å². The van der Waals surface area contributed by atoms with Crippen molar-refractivity contribution in [2.75, 3.05) is 18.0 Å². The smallest absolute Gasteiger partial charge is 0.306 e. The van der Waals surface area contributed by atoms with Crippen LogP contribution in [-0.2, 0) is 16.1 Å². The first-order chi connectivity index (χ1) is 11.8. The summed E-state index contributed by atoms with van der Waals surface area (Å²) >= 11 is 1.67. The first-order valence-corrected chi connectivity index (χ1v) is 9.46. The summed E-state index contributed by atoms with van der Waals surface area (Å²) < 4.78 is 6.97. The second-order valence-corrected chi connectivity index (χ2v) is 7.23. The maximum Gasteiger partial charge on any atom is 0.306 e. The van der Waals surface area contributed by atoms with Crippen LogP contribution in [-0.4, -0.2) is 45.1 Å². The van der Waals surface area contributed by atoms with E-state index in [4.69, 9.17) is 9.72 Å². The monoisotopic (exact) mass is 347 g/mol. The summed E-state index contributed by atoms with van der Waals surface area (Å²) in [6, 6.07) is 0. The molecule has 24 heavy (non-hydrogen) atoms. The summed E-state index contributed by atoms with van der Waals surface area (Å²) in [6.45, 7) is 2.74. The SMILES string of the molecule is O=C1CCC(Cn2cc(-c3csc(N4CCCCCC4)n3)nn2)O1. The van der Waals surface area contributed by atoms with Crippen LogP contribution in [0.5, 0.6) is 0 Å². The Morgan fingerprint density at radius 1 is 1.21 bits per heavy atom. The quantitative estimate of drug-likeness (QED) is 0.791. The molecule has 8 heteroatoms. The number of hydrogen-bond donors (Lipinski definition) is 0. The summed E-state index contributed by atoms with van der Waals surface area (Å²) in [5.41, 5.74) is 1.64. The lowest BCUT2D eigenvalue weighted by atomic mass is 10.2. The van der Waals surface area contributed by atoms with Crippen LogP contribution in [0.1, 0.15) is 38.5 Å². The van der Waals surface area contributed by atoms with Crippen molar-refractivity contribution >= 4 is 22.4 Å². The highest BCUT2D eigenvalue weighted by Crippen LogP contribution is 2.28. The molecule has 4 heterocycles. The van der Waals surface area contributed by atoms with Crippen LogP contribution in [0.2, 0.25) is 0 Å². The average Bonchev–Trinajstić information content (AvgIpc) is 3.27. The number of aromatic nitrogens is 4. The van der Waals surface area contributed by atoms with E-state index >= 15 is 0 Å². The second kappa shape index (κ2) is 6.88. The van der Waals surface area contributed by atoms with Crippen LogP contribution in [0.4, 0.5) is 5.13 Å². The zero-order valence-electron chi connectivity index (χ0n) is 13.6. The molecule has 0 bridgehead atoms.